The number of fused-ring (bicyclic) bond motifs is 1. The van der Waals surface area contributed by atoms with Crippen LogP contribution in [0.25, 0.3) is 0 Å². The van der Waals surface area contributed by atoms with E-state index in [4.69, 9.17) is 0 Å². The van der Waals surface area contributed by atoms with Crippen LogP contribution in [-0.2, 0) is 13.6 Å². The Morgan fingerprint density at radius 2 is 1.96 bits per heavy atom. The molecule has 6 nitrogen and oxygen atoms in total. The molecule has 4 heterocycles. The minimum Gasteiger partial charge on any atom is -0.337 e. The van der Waals surface area contributed by atoms with E-state index in [9.17, 15) is 4.79 Å². The Morgan fingerprint density at radius 3 is 2.50 bits per heavy atom. The van der Waals surface area contributed by atoms with Crippen molar-refractivity contribution in [2.45, 2.75) is 20.4 Å². The highest BCUT2D eigenvalue weighted by Crippen LogP contribution is 2.32. The van der Waals surface area contributed by atoms with Gasteiger partial charge in [0.2, 0.25) is 0 Å². The molecule has 2 atom stereocenters. The number of carbonyl (C=O) groups excluding carboxylic acids is 1. The molecule has 2 aromatic rings. The van der Waals surface area contributed by atoms with Crippen molar-refractivity contribution in [1.82, 2.24) is 24.3 Å². The second kappa shape index (κ2) is 5.97. The van der Waals surface area contributed by atoms with Gasteiger partial charge >= 0.3 is 0 Å². The van der Waals surface area contributed by atoms with Crippen LogP contribution >= 0.6 is 11.3 Å². The fourth-order valence-corrected chi connectivity index (χ4v) is 4.56. The van der Waals surface area contributed by atoms with Crippen LogP contribution < -0.4 is 0 Å². The lowest BCUT2D eigenvalue weighted by atomic mass is 10.0. The minimum absolute atomic E-state index is 0.120. The number of hydrogen-bond acceptors (Lipinski definition) is 5. The number of thiazole rings is 1. The van der Waals surface area contributed by atoms with Crippen molar-refractivity contribution in [3.63, 3.8) is 0 Å². The van der Waals surface area contributed by atoms with Crippen molar-refractivity contribution < 1.29 is 4.79 Å². The number of imidazole rings is 1. The maximum Gasteiger partial charge on any atom is 0.272 e. The monoisotopic (exact) mass is 345 g/mol. The highest BCUT2D eigenvalue weighted by Gasteiger charge is 2.42. The van der Waals surface area contributed by atoms with Crippen molar-refractivity contribution in [2.75, 3.05) is 26.2 Å². The van der Waals surface area contributed by atoms with Crippen LogP contribution in [0, 0.1) is 25.7 Å². The molecule has 4 rings (SSSR count). The lowest BCUT2D eigenvalue weighted by Gasteiger charge is -2.21. The second-order valence-electron chi connectivity index (χ2n) is 7.03. The smallest absolute Gasteiger partial charge is 0.272 e. The largest absolute Gasteiger partial charge is 0.337 e. The molecule has 0 aliphatic carbocycles. The molecule has 0 unspecified atom stereocenters. The Morgan fingerprint density at radius 1 is 1.25 bits per heavy atom. The molecule has 1 amide bonds. The Balaban J connectivity index is 1.37. The van der Waals surface area contributed by atoms with Crippen LogP contribution in [0.2, 0.25) is 0 Å². The van der Waals surface area contributed by atoms with Crippen LogP contribution in [0.4, 0.5) is 0 Å². The SMILES string of the molecule is Cc1nc(CN2C[C@@H]3CN(C(=O)c4cnc(C)n4C)C[C@@H]3C2)cs1. The molecule has 2 fully saturated rings. The zero-order valence-electron chi connectivity index (χ0n) is 14.4. The fraction of sp³-hybridized carbons (Fsp3) is 0.588. The fourth-order valence-electron chi connectivity index (χ4n) is 3.96. The van der Waals surface area contributed by atoms with Crippen molar-refractivity contribution >= 4 is 17.2 Å². The van der Waals surface area contributed by atoms with Crippen molar-refractivity contribution in [1.29, 1.82) is 0 Å². The van der Waals surface area contributed by atoms with Gasteiger partial charge < -0.3 is 9.47 Å². The quantitative estimate of drug-likeness (QED) is 0.850. The first-order valence-corrected chi connectivity index (χ1v) is 9.30. The van der Waals surface area contributed by atoms with E-state index in [1.807, 2.05) is 23.4 Å². The number of carbonyl (C=O) groups is 1. The van der Waals surface area contributed by atoms with Gasteiger partial charge in [0, 0.05) is 45.2 Å². The van der Waals surface area contributed by atoms with Crippen molar-refractivity contribution in [3.05, 3.63) is 33.8 Å². The molecule has 2 aromatic heterocycles. The Hall–Kier alpha value is -1.73. The van der Waals surface area contributed by atoms with Crippen LogP contribution in [0.1, 0.15) is 27.0 Å². The first-order chi connectivity index (χ1) is 11.5. The summed E-state index contributed by atoms with van der Waals surface area (Å²) in [6.07, 6.45) is 1.70. The number of nitrogens with zero attached hydrogens (tertiary/aromatic N) is 5. The number of rotatable bonds is 3. The molecular weight excluding hydrogens is 322 g/mol. The van der Waals surface area contributed by atoms with Crippen LogP contribution in [0.3, 0.4) is 0 Å². The summed E-state index contributed by atoms with van der Waals surface area (Å²) >= 11 is 1.72. The van der Waals surface area contributed by atoms with E-state index < -0.39 is 0 Å². The van der Waals surface area contributed by atoms with E-state index in [-0.39, 0.29) is 5.91 Å². The maximum atomic E-state index is 12.7. The van der Waals surface area contributed by atoms with E-state index in [1.54, 1.807) is 17.5 Å². The molecular formula is C17H23N5OS. The molecule has 7 heteroatoms. The van der Waals surface area contributed by atoms with E-state index in [2.05, 4.69) is 27.2 Å². The molecule has 128 valence electrons. The summed E-state index contributed by atoms with van der Waals surface area (Å²) in [5, 5.41) is 3.29. The average molecular weight is 345 g/mol. The van der Waals surface area contributed by atoms with E-state index in [0.717, 1.165) is 43.6 Å². The van der Waals surface area contributed by atoms with Crippen LogP contribution in [0.15, 0.2) is 11.6 Å². The van der Waals surface area contributed by atoms with Gasteiger partial charge in [-0.2, -0.15) is 0 Å². The van der Waals surface area contributed by atoms with E-state index in [0.29, 0.717) is 17.5 Å². The van der Waals surface area contributed by atoms with Gasteiger partial charge in [-0.3, -0.25) is 9.69 Å². The first-order valence-electron chi connectivity index (χ1n) is 8.42. The van der Waals surface area contributed by atoms with Crippen molar-refractivity contribution in [3.8, 4) is 0 Å². The lowest BCUT2D eigenvalue weighted by Crippen LogP contribution is -2.34. The molecule has 0 N–H and O–H groups in total. The highest BCUT2D eigenvalue weighted by atomic mass is 32.1. The van der Waals surface area contributed by atoms with Gasteiger partial charge in [0.05, 0.1) is 16.9 Å². The van der Waals surface area contributed by atoms with Gasteiger partial charge in [-0.05, 0) is 25.7 Å². The van der Waals surface area contributed by atoms with Crippen LogP contribution in [-0.4, -0.2) is 56.4 Å². The zero-order chi connectivity index (χ0) is 16.8. The number of aryl methyl sites for hydroxylation is 2. The summed E-state index contributed by atoms with van der Waals surface area (Å²) in [5.41, 5.74) is 1.87. The summed E-state index contributed by atoms with van der Waals surface area (Å²) < 4.78 is 1.88. The molecule has 2 saturated heterocycles. The Kier molecular flexibility index (Phi) is 3.92. The van der Waals surface area contributed by atoms with Gasteiger partial charge in [0.25, 0.3) is 5.91 Å². The summed E-state index contributed by atoms with van der Waals surface area (Å²) in [4.78, 5) is 26.0. The van der Waals surface area contributed by atoms with Gasteiger partial charge in [-0.15, -0.1) is 11.3 Å². The number of aromatic nitrogens is 3. The summed E-state index contributed by atoms with van der Waals surface area (Å²) in [6, 6.07) is 0. The maximum absolute atomic E-state index is 12.7. The standard InChI is InChI=1S/C17H23N5OS/c1-11-18-4-16(20(11)3)17(23)22-7-13-5-21(6-14(13)8-22)9-15-10-24-12(2)19-15/h4,10,13-14H,5-9H2,1-3H3/t13-,14+. The normalized spacial score (nSPS) is 23.9. The molecule has 0 bridgehead atoms. The summed E-state index contributed by atoms with van der Waals surface area (Å²) in [5.74, 6) is 2.17. The molecule has 2 aliphatic rings. The minimum atomic E-state index is 0.120. The molecule has 0 spiro atoms. The Bertz CT molecular complexity index is 753. The second-order valence-corrected chi connectivity index (χ2v) is 8.09. The highest BCUT2D eigenvalue weighted by molar-refractivity contribution is 7.09. The van der Waals surface area contributed by atoms with Crippen molar-refractivity contribution in [2.24, 2.45) is 18.9 Å². The third-order valence-electron chi connectivity index (χ3n) is 5.34. The summed E-state index contributed by atoms with van der Waals surface area (Å²) in [6.45, 7) is 8.77. The van der Waals surface area contributed by atoms with Gasteiger partial charge in [0.1, 0.15) is 11.5 Å². The van der Waals surface area contributed by atoms with Gasteiger partial charge in [-0.1, -0.05) is 0 Å². The molecule has 24 heavy (non-hydrogen) atoms. The predicted octanol–water partition coefficient (Wildman–Crippen LogP) is 1.70. The first kappa shape index (κ1) is 15.8. The summed E-state index contributed by atoms with van der Waals surface area (Å²) in [7, 11) is 1.91. The number of likely N-dealkylation sites (tertiary alicyclic amines) is 2. The molecule has 0 saturated carbocycles. The predicted molar refractivity (Wildman–Crippen MR) is 93.0 cm³/mol. The van der Waals surface area contributed by atoms with Crippen LogP contribution in [0.5, 0.6) is 0 Å². The lowest BCUT2D eigenvalue weighted by molar-refractivity contribution is 0.0763. The Labute approximate surface area is 146 Å². The molecule has 2 aliphatic heterocycles. The number of amides is 1. The zero-order valence-corrected chi connectivity index (χ0v) is 15.2. The third-order valence-corrected chi connectivity index (χ3v) is 6.16. The molecule has 0 radical (unpaired) electrons. The van der Waals surface area contributed by atoms with E-state index >= 15 is 0 Å². The molecule has 0 aromatic carbocycles. The van der Waals surface area contributed by atoms with Gasteiger partial charge in [-0.25, -0.2) is 9.97 Å². The van der Waals surface area contributed by atoms with E-state index in [1.165, 1.54) is 5.69 Å². The average Bonchev–Trinajstić information content (AvgIpc) is 3.26. The van der Waals surface area contributed by atoms with Gasteiger partial charge in [0.15, 0.2) is 0 Å². The number of hydrogen-bond donors (Lipinski definition) is 0. The topological polar surface area (TPSA) is 54.3 Å². The third kappa shape index (κ3) is 2.75.